The standard InChI is InChI=1S/C26H26BrN5O/c1-16(2)14-28-24-25-29-15-21(17-8-10-19(11-9-17)26(33)30-20-12-13-20)32(25)23(27)22(31-24)18-6-4-3-5-7-18/h3-11,15-16,20H,12-14H2,1-2H3,(H,28,31)(H,30,33). The fraction of sp³-hybridized carbons (Fsp3) is 0.269. The summed E-state index contributed by atoms with van der Waals surface area (Å²) in [5, 5.41) is 6.51. The van der Waals surface area contributed by atoms with E-state index < -0.39 is 0 Å². The Morgan fingerprint density at radius 2 is 1.82 bits per heavy atom. The van der Waals surface area contributed by atoms with Gasteiger partial charge in [-0.1, -0.05) is 56.3 Å². The molecule has 2 N–H and O–H groups in total. The largest absolute Gasteiger partial charge is 0.367 e. The number of carbonyl (C=O) groups excluding carboxylic acids is 1. The summed E-state index contributed by atoms with van der Waals surface area (Å²) in [4.78, 5) is 22.0. The van der Waals surface area contributed by atoms with Crippen LogP contribution in [0.25, 0.3) is 28.2 Å². The molecule has 1 aliphatic rings. The van der Waals surface area contributed by atoms with E-state index in [1.54, 1.807) is 0 Å². The van der Waals surface area contributed by atoms with Crippen LogP contribution in [0.2, 0.25) is 0 Å². The molecule has 1 aliphatic carbocycles. The number of nitrogens with one attached hydrogen (secondary N) is 2. The molecular formula is C26H26BrN5O. The summed E-state index contributed by atoms with van der Waals surface area (Å²) in [6.45, 7) is 5.13. The van der Waals surface area contributed by atoms with Gasteiger partial charge in [-0.25, -0.2) is 9.97 Å². The van der Waals surface area contributed by atoms with E-state index in [0.717, 1.165) is 58.0 Å². The van der Waals surface area contributed by atoms with Gasteiger partial charge in [-0.05, 0) is 46.8 Å². The summed E-state index contributed by atoms with van der Waals surface area (Å²) in [5.74, 6) is 1.20. The first-order valence-electron chi connectivity index (χ1n) is 11.3. The molecule has 6 nitrogen and oxygen atoms in total. The summed E-state index contributed by atoms with van der Waals surface area (Å²) >= 11 is 3.80. The van der Waals surface area contributed by atoms with Crippen LogP contribution in [-0.4, -0.2) is 32.9 Å². The molecule has 0 atom stereocenters. The number of aromatic nitrogens is 3. The van der Waals surface area contributed by atoms with Crippen molar-refractivity contribution in [2.24, 2.45) is 5.92 Å². The first-order chi connectivity index (χ1) is 16.0. The lowest BCUT2D eigenvalue weighted by molar-refractivity contribution is 0.0951. The third-order valence-corrected chi connectivity index (χ3v) is 6.40. The maximum atomic E-state index is 12.4. The molecule has 0 aliphatic heterocycles. The van der Waals surface area contributed by atoms with Gasteiger partial charge in [0.2, 0.25) is 0 Å². The SMILES string of the molecule is CC(C)CNc1nc(-c2ccccc2)c(Br)n2c(-c3ccc(C(=O)NC4CC4)cc3)cnc12. The van der Waals surface area contributed by atoms with Crippen molar-refractivity contribution in [3.05, 3.63) is 71.0 Å². The maximum Gasteiger partial charge on any atom is 0.251 e. The normalized spacial score (nSPS) is 13.5. The van der Waals surface area contributed by atoms with Crippen molar-refractivity contribution in [1.82, 2.24) is 19.7 Å². The highest BCUT2D eigenvalue weighted by molar-refractivity contribution is 9.10. The number of carbonyl (C=O) groups is 1. The molecule has 0 radical (unpaired) electrons. The number of anilines is 1. The van der Waals surface area contributed by atoms with Crippen LogP contribution in [0.4, 0.5) is 5.82 Å². The van der Waals surface area contributed by atoms with Gasteiger partial charge in [-0.15, -0.1) is 0 Å². The fourth-order valence-corrected chi connectivity index (χ4v) is 4.40. The number of benzene rings is 2. The highest BCUT2D eigenvalue weighted by atomic mass is 79.9. The van der Waals surface area contributed by atoms with Gasteiger partial charge in [-0.2, -0.15) is 0 Å². The topological polar surface area (TPSA) is 71.3 Å². The molecule has 168 valence electrons. The van der Waals surface area contributed by atoms with Crippen LogP contribution < -0.4 is 10.6 Å². The number of imidazole rings is 1. The van der Waals surface area contributed by atoms with E-state index in [1.165, 1.54) is 0 Å². The lowest BCUT2D eigenvalue weighted by atomic mass is 10.1. The van der Waals surface area contributed by atoms with Crippen molar-refractivity contribution in [3.63, 3.8) is 0 Å². The minimum absolute atomic E-state index is 0.0147. The van der Waals surface area contributed by atoms with Crippen molar-refractivity contribution < 1.29 is 4.79 Å². The van der Waals surface area contributed by atoms with E-state index in [9.17, 15) is 4.79 Å². The predicted octanol–water partition coefficient (Wildman–Crippen LogP) is 5.79. The first-order valence-corrected chi connectivity index (χ1v) is 12.1. The Morgan fingerprint density at radius 3 is 2.48 bits per heavy atom. The molecule has 2 heterocycles. The number of amides is 1. The summed E-state index contributed by atoms with van der Waals surface area (Å²) in [7, 11) is 0. The van der Waals surface area contributed by atoms with Gasteiger partial charge in [-0.3, -0.25) is 9.20 Å². The number of nitrogens with zero attached hydrogens (tertiary/aromatic N) is 3. The number of rotatable bonds is 7. The zero-order valence-electron chi connectivity index (χ0n) is 18.7. The van der Waals surface area contributed by atoms with Gasteiger partial charge in [0, 0.05) is 29.3 Å². The van der Waals surface area contributed by atoms with Crippen LogP contribution >= 0.6 is 15.9 Å². The zero-order chi connectivity index (χ0) is 22.9. The Labute approximate surface area is 201 Å². The molecule has 1 saturated carbocycles. The molecule has 2 aromatic heterocycles. The van der Waals surface area contributed by atoms with Crippen LogP contribution in [0.1, 0.15) is 37.0 Å². The third kappa shape index (κ3) is 4.50. The van der Waals surface area contributed by atoms with Crippen LogP contribution in [0.3, 0.4) is 0 Å². The molecule has 0 spiro atoms. The summed E-state index contributed by atoms with van der Waals surface area (Å²) in [6, 6.07) is 18.1. The highest BCUT2D eigenvalue weighted by Gasteiger charge is 2.24. The quantitative estimate of drug-likeness (QED) is 0.335. The first kappa shape index (κ1) is 21.6. The van der Waals surface area contributed by atoms with Gasteiger partial charge in [0.1, 0.15) is 10.3 Å². The number of halogens is 1. The second-order valence-electron chi connectivity index (χ2n) is 8.87. The monoisotopic (exact) mass is 503 g/mol. The van der Waals surface area contributed by atoms with Crippen molar-refractivity contribution in [1.29, 1.82) is 0 Å². The molecule has 5 rings (SSSR count). The van der Waals surface area contributed by atoms with E-state index in [1.807, 2.05) is 48.7 Å². The number of hydrogen-bond acceptors (Lipinski definition) is 4. The molecule has 4 aromatic rings. The van der Waals surface area contributed by atoms with Crippen LogP contribution in [0.15, 0.2) is 65.4 Å². The average molecular weight is 504 g/mol. The predicted molar refractivity (Wildman–Crippen MR) is 135 cm³/mol. The average Bonchev–Trinajstić information content (AvgIpc) is 3.53. The minimum atomic E-state index is -0.0147. The van der Waals surface area contributed by atoms with E-state index in [0.29, 0.717) is 17.5 Å². The molecule has 0 unspecified atom stereocenters. The molecule has 33 heavy (non-hydrogen) atoms. The van der Waals surface area contributed by atoms with Gasteiger partial charge >= 0.3 is 0 Å². The van der Waals surface area contributed by atoms with E-state index >= 15 is 0 Å². The Morgan fingerprint density at radius 1 is 1.09 bits per heavy atom. The van der Waals surface area contributed by atoms with Gasteiger partial charge < -0.3 is 10.6 Å². The van der Waals surface area contributed by atoms with Crippen LogP contribution in [0, 0.1) is 5.92 Å². The number of hydrogen-bond donors (Lipinski definition) is 2. The van der Waals surface area contributed by atoms with Crippen molar-refractivity contribution >= 4 is 33.3 Å². The fourth-order valence-electron chi connectivity index (χ4n) is 3.72. The van der Waals surface area contributed by atoms with Gasteiger partial charge in [0.15, 0.2) is 11.5 Å². The van der Waals surface area contributed by atoms with E-state index in [2.05, 4.69) is 56.9 Å². The molecule has 1 fully saturated rings. The Balaban J connectivity index is 1.59. The lowest BCUT2D eigenvalue weighted by Crippen LogP contribution is -2.25. The minimum Gasteiger partial charge on any atom is -0.367 e. The summed E-state index contributed by atoms with van der Waals surface area (Å²) in [5.41, 5.74) is 5.20. The zero-order valence-corrected chi connectivity index (χ0v) is 20.3. The summed E-state index contributed by atoms with van der Waals surface area (Å²) < 4.78 is 2.92. The van der Waals surface area contributed by atoms with E-state index in [4.69, 9.17) is 9.97 Å². The summed E-state index contributed by atoms with van der Waals surface area (Å²) in [6.07, 6.45) is 4.01. The van der Waals surface area contributed by atoms with Crippen LogP contribution in [0.5, 0.6) is 0 Å². The lowest BCUT2D eigenvalue weighted by Gasteiger charge is -2.15. The van der Waals surface area contributed by atoms with Gasteiger partial charge in [0.25, 0.3) is 5.91 Å². The molecule has 1 amide bonds. The Bertz CT molecular complexity index is 1290. The maximum absolute atomic E-state index is 12.4. The Hall–Kier alpha value is -3.19. The van der Waals surface area contributed by atoms with Crippen molar-refractivity contribution in [2.75, 3.05) is 11.9 Å². The molecular weight excluding hydrogens is 478 g/mol. The Kier molecular flexibility index (Phi) is 5.89. The number of fused-ring (bicyclic) bond motifs is 1. The van der Waals surface area contributed by atoms with Gasteiger partial charge in [0.05, 0.1) is 11.9 Å². The van der Waals surface area contributed by atoms with Crippen molar-refractivity contribution in [2.45, 2.75) is 32.7 Å². The highest BCUT2D eigenvalue weighted by Crippen LogP contribution is 2.34. The molecule has 7 heteroatoms. The molecule has 0 bridgehead atoms. The second kappa shape index (κ2) is 8.98. The molecule has 2 aromatic carbocycles. The van der Waals surface area contributed by atoms with Crippen molar-refractivity contribution in [3.8, 4) is 22.5 Å². The smallest absolute Gasteiger partial charge is 0.251 e. The van der Waals surface area contributed by atoms with E-state index in [-0.39, 0.29) is 5.91 Å². The molecule has 0 saturated heterocycles. The van der Waals surface area contributed by atoms with Crippen LogP contribution in [-0.2, 0) is 0 Å². The third-order valence-electron chi connectivity index (χ3n) is 5.67. The second-order valence-corrected chi connectivity index (χ2v) is 9.62.